The summed E-state index contributed by atoms with van der Waals surface area (Å²) in [4.78, 5) is 10.3. The van der Waals surface area contributed by atoms with Gasteiger partial charge in [-0.3, -0.25) is 4.79 Å². The molecule has 1 heterocycles. The Labute approximate surface area is 142 Å². The van der Waals surface area contributed by atoms with Crippen LogP contribution in [0.2, 0.25) is 0 Å². The third-order valence-corrected chi connectivity index (χ3v) is 4.73. The number of nitrogens with one attached hydrogen (secondary N) is 2. The molecule has 0 atom stereocenters. The molecule has 1 aliphatic carbocycles. The van der Waals surface area contributed by atoms with Crippen molar-refractivity contribution in [2.45, 2.75) is 90.0 Å². The highest BCUT2D eigenvalue weighted by atomic mass is 16.4. The summed E-state index contributed by atoms with van der Waals surface area (Å²) in [6.07, 6.45) is 15.9. The minimum absolute atomic E-state index is 0.0914. The first-order valence-electron chi connectivity index (χ1n) is 9.91. The number of carboxylic acids is 1. The lowest BCUT2D eigenvalue weighted by Crippen LogP contribution is -2.31. The van der Waals surface area contributed by atoms with Crippen molar-refractivity contribution in [3.8, 4) is 0 Å². The molecule has 0 spiro atoms. The van der Waals surface area contributed by atoms with Crippen LogP contribution in [0, 0.1) is 5.92 Å². The molecular formula is C19H38N2O2. The predicted octanol–water partition coefficient (Wildman–Crippen LogP) is 3.95. The molecule has 1 saturated carbocycles. The lowest BCUT2D eigenvalue weighted by molar-refractivity contribution is -0.142. The number of carbonyl (C=O) groups is 1. The number of unbranched alkanes of at least 4 members (excludes halogenated alkanes) is 7. The van der Waals surface area contributed by atoms with E-state index in [1.165, 1.54) is 70.8 Å². The quantitative estimate of drug-likeness (QED) is 0.503. The van der Waals surface area contributed by atoms with Crippen LogP contribution in [0.4, 0.5) is 0 Å². The fraction of sp³-hybridized carbons (Fsp3) is 0.947. The molecule has 4 nitrogen and oxygen atoms in total. The van der Waals surface area contributed by atoms with Crippen LogP contribution in [0.25, 0.3) is 0 Å². The summed E-state index contributed by atoms with van der Waals surface area (Å²) in [5, 5.41) is 15.2. The van der Waals surface area contributed by atoms with Crippen molar-refractivity contribution < 1.29 is 9.90 Å². The van der Waals surface area contributed by atoms with Crippen molar-refractivity contribution in [2.75, 3.05) is 19.6 Å². The molecule has 0 unspecified atom stereocenters. The summed E-state index contributed by atoms with van der Waals surface area (Å²) < 4.78 is 0. The van der Waals surface area contributed by atoms with E-state index in [-0.39, 0.29) is 5.92 Å². The zero-order valence-corrected chi connectivity index (χ0v) is 15.1. The summed E-state index contributed by atoms with van der Waals surface area (Å²) >= 11 is 0. The van der Waals surface area contributed by atoms with Crippen molar-refractivity contribution in [3.63, 3.8) is 0 Å². The standard InChI is InChI=1S/C13H27N.C6H11NO2/c1-2-3-4-5-6-7-8-9-12-14-13-10-11-13;8-6(9)5-1-3-7-4-2-5/h13-14H,2-12H2,1H3;5,7H,1-4H2,(H,8,9). The van der Waals surface area contributed by atoms with Gasteiger partial charge in [0, 0.05) is 6.04 Å². The SMILES string of the molecule is CCCCCCCCCCNC1CC1.O=C(O)C1CCNCC1. The van der Waals surface area contributed by atoms with Gasteiger partial charge in [-0.15, -0.1) is 0 Å². The van der Waals surface area contributed by atoms with E-state index in [1.54, 1.807) is 0 Å². The molecule has 2 aliphatic rings. The summed E-state index contributed by atoms with van der Waals surface area (Å²) in [6.45, 7) is 5.26. The molecule has 1 saturated heterocycles. The van der Waals surface area contributed by atoms with Crippen LogP contribution in [0.3, 0.4) is 0 Å². The molecule has 0 radical (unpaired) electrons. The smallest absolute Gasteiger partial charge is 0.306 e. The van der Waals surface area contributed by atoms with Crippen LogP contribution in [0.5, 0.6) is 0 Å². The molecule has 1 aliphatic heterocycles. The number of hydrogen-bond acceptors (Lipinski definition) is 3. The Morgan fingerprint density at radius 1 is 0.957 bits per heavy atom. The van der Waals surface area contributed by atoms with E-state index in [2.05, 4.69) is 17.6 Å². The highest BCUT2D eigenvalue weighted by Crippen LogP contribution is 2.18. The van der Waals surface area contributed by atoms with Crippen molar-refractivity contribution in [1.82, 2.24) is 10.6 Å². The first-order valence-corrected chi connectivity index (χ1v) is 9.91. The van der Waals surface area contributed by atoms with E-state index in [1.807, 2.05) is 0 Å². The number of aliphatic carboxylic acids is 1. The lowest BCUT2D eigenvalue weighted by Gasteiger charge is -2.17. The predicted molar refractivity (Wildman–Crippen MR) is 96.9 cm³/mol. The van der Waals surface area contributed by atoms with Crippen LogP contribution in [0.1, 0.15) is 84.0 Å². The van der Waals surface area contributed by atoms with Gasteiger partial charge in [0.1, 0.15) is 0 Å². The van der Waals surface area contributed by atoms with Gasteiger partial charge >= 0.3 is 5.97 Å². The maximum absolute atomic E-state index is 10.3. The number of hydrogen-bond donors (Lipinski definition) is 3. The van der Waals surface area contributed by atoms with E-state index >= 15 is 0 Å². The zero-order chi connectivity index (χ0) is 16.8. The maximum Gasteiger partial charge on any atom is 0.306 e. The van der Waals surface area contributed by atoms with Gasteiger partial charge in [-0.25, -0.2) is 0 Å². The Kier molecular flexibility index (Phi) is 12.3. The largest absolute Gasteiger partial charge is 0.481 e. The third kappa shape index (κ3) is 12.5. The topological polar surface area (TPSA) is 61.4 Å². The second-order valence-electron chi connectivity index (χ2n) is 7.07. The summed E-state index contributed by atoms with van der Waals surface area (Å²) in [6, 6.07) is 0.902. The van der Waals surface area contributed by atoms with Gasteiger partial charge in [-0.2, -0.15) is 0 Å². The van der Waals surface area contributed by atoms with Crippen molar-refractivity contribution in [3.05, 3.63) is 0 Å². The van der Waals surface area contributed by atoms with Gasteiger partial charge in [-0.05, 0) is 51.7 Å². The highest BCUT2D eigenvalue weighted by molar-refractivity contribution is 5.70. The van der Waals surface area contributed by atoms with Gasteiger partial charge in [0.25, 0.3) is 0 Å². The summed E-state index contributed by atoms with van der Waals surface area (Å²) in [5.74, 6) is -0.734. The maximum atomic E-state index is 10.3. The Bertz CT molecular complexity index is 287. The van der Waals surface area contributed by atoms with E-state index in [0.29, 0.717) is 0 Å². The van der Waals surface area contributed by atoms with Gasteiger partial charge < -0.3 is 15.7 Å². The average molecular weight is 327 g/mol. The molecule has 0 bridgehead atoms. The molecule has 0 aromatic rings. The summed E-state index contributed by atoms with van der Waals surface area (Å²) in [7, 11) is 0. The van der Waals surface area contributed by atoms with Crippen molar-refractivity contribution >= 4 is 5.97 Å². The Hall–Kier alpha value is -0.610. The molecule has 136 valence electrons. The van der Waals surface area contributed by atoms with E-state index < -0.39 is 5.97 Å². The van der Waals surface area contributed by atoms with Crippen LogP contribution in [0.15, 0.2) is 0 Å². The molecule has 0 amide bonds. The minimum Gasteiger partial charge on any atom is -0.481 e. The van der Waals surface area contributed by atoms with Crippen LogP contribution >= 0.6 is 0 Å². The van der Waals surface area contributed by atoms with Gasteiger partial charge in [0.15, 0.2) is 0 Å². The average Bonchev–Trinajstić information content (AvgIpc) is 3.39. The normalized spacial score (nSPS) is 18.3. The van der Waals surface area contributed by atoms with Crippen LogP contribution < -0.4 is 10.6 Å². The van der Waals surface area contributed by atoms with Crippen molar-refractivity contribution in [2.24, 2.45) is 5.92 Å². The lowest BCUT2D eigenvalue weighted by atomic mass is 9.99. The number of carboxylic acid groups (broad SMARTS) is 1. The second-order valence-corrected chi connectivity index (χ2v) is 7.07. The monoisotopic (exact) mass is 326 g/mol. The van der Waals surface area contributed by atoms with E-state index in [0.717, 1.165) is 32.0 Å². The van der Waals surface area contributed by atoms with E-state index in [9.17, 15) is 4.79 Å². The first kappa shape index (κ1) is 20.4. The van der Waals surface area contributed by atoms with Crippen LogP contribution in [-0.2, 0) is 4.79 Å². The van der Waals surface area contributed by atoms with Gasteiger partial charge in [0.2, 0.25) is 0 Å². The van der Waals surface area contributed by atoms with Crippen molar-refractivity contribution in [1.29, 1.82) is 0 Å². The number of rotatable bonds is 11. The first-order chi connectivity index (χ1) is 11.2. The third-order valence-electron chi connectivity index (χ3n) is 4.73. The Balaban J connectivity index is 0.000000253. The Morgan fingerprint density at radius 2 is 1.52 bits per heavy atom. The molecule has 4 heteroatoms. The van der Waals surface area contributed by atoms with Crippen LogP contribution in [-0.4, -0.2) is 36.8 Å². The highest BCUT2D eigenvalue weighted by Gasteiger charge is 2.19. The molecular weight excluding hydrogens is 288 g/mol. The fourth-order valence-corrected chi connectivity index (χ4v) is 2.92. The molecule has 3 N–H and O–H groups in total. The van der Waals surface area contributed by atoms with Gasteiger partial charge in [0.05, 0.1) is 5.92 Å². The molecule has 23 heavy (non-hydrogen) atoms. The minimum atomic E-state index is -0.642. The Morgan fingerprint density at radius 3 is 2.00 bits per heavy atom. The molecule has 2 fully saturated rings. The molecule has 0 aromatic carbocycles. The van der Waals surface area contributed by atoms with E-state index in [4.69, 9.17) is 5.11 Å². The molecule has 0 aromatic heterocycles. The summed E-state index contributed by atoms with van der Waals surface area (Å²) in [5.41, 5.74) is 0. The zero-order valence-electron chi connectivity index (χ0n) is 15.1. The number of piperidine rings is 1. The second kappa shape index (κ2) is 13.8. The van der Waals surface area contributed by atoms with Gasteiger partial charge in [-0.1, -0.05) is 51.9 Å². The fourth-order valence-electron chi connectivity index (χ4n) is 2.92. The molecule has 2 rings (SSSR count).